The van der Waals surface area contributed by atoms with Crippen molar-refractivity contribution in [2.75, 3.05) is 25.6 Å². The number of carbonyl (C=O) groups excluding carboxylic acids is 2. The predicted octanol–water partition coefficient (Wildman–Crippen LogP) is 2.87. The second-order valence-electron chi connectivity index (χ2n) is 7.49. The number of hydroxylamine groups is 2. The molecule has 0 atom stereocenters. The first kappa shape index (κ1) is 22.0. The fourth-order valence-corrected chi connectivity index (χ4v) is 3.84. The number of aliphatic carboxylic acids is 1. The van der Waals surface area contributed by atoms with Gasteiger partial charge in [0.05, 0.1) is 5.69 Å². The molecule has 1 aromatic heterocycles. The molecule has 4 rings (SSSR count). The van der Waals surface area contributed by atoms with Gasteiger partial charge in [0.15, 0.2) is 12.3 Å². The van der Waals surface area contributed by atoms with Gasteiger partial charge in [-0.3, -0.25) is 19.6 Å². The van der Waals surface area contributed by atoms with E-state index in [1.165, 1.54) is 17.9 Å². The Morgan fingerprint density at radius 1 is 1.09 bits per heavy atom. The third-order valence-electron chi connectivity index (χ3n) is 5.28. The standard InChI is InChI=1S/C23H22N4O6/c1-26-11-19(21(25-26)22(30)27(2)33-13-20(28)29)24-23(31)32-12-18-16-9-5-3-7-14(16)15-8-4-6-10-17(15)18/h3-11,18H,12-13H2,1-2H3,(H,24,31)(H,28,29). The van der Waals surface area contributed by atoms with E-state index in [4.69, 9.17) is 14.7 Å². The average Bonchev–Trinajstić information content (AvgIpc) is 3.32. The van der Waals surface area contributed by atoms with E-state index in [2.05, 4.69) is 10.4 Å². The molecule has 0 aliphatic heterocycles. The molecule has 1 aliphatic rings. The van der Waals surface area contributed by atoms with E-state index in [0.29, 0.717) is 0 Å². The van der Waals surface area contributed by atoms with Crippen molar-refractivity contribution in [1.82, 2.24) is 14.8 Å². The molecule has 1 heterocycles. The molecule has 170 valence electrons. The highest BCUT2D eigenvalue weighted by molar-refractivity contribution is 6.00. The number of hydrogen-bond acceptors (Lipinski definition) is 6. The van der Waals surface area contributed by atoms with Gasteiger partial charge >= 0.3 is 12.1 Å². The molecule has 0 spiro atoms. The van der Waals surface area contributed by atoms with E-state index < -0.39 is 24.6 Å². The quantitative estimate of drug-likeness (QED) is 0.531. The largest absolute Gasteiger partial charge is 0.479 e. The van der Waals surface area contributed by atoms with Crippen LogP contribution in [0.25, 0.3) is 11.1 Å². The van der Waals surface area contributed by atoms with Gasteiger partial charge in [-0.05, 0) is 22.3 Å². The summed E-state index contributed by atoms with van der Waals surface area (Å²) in [6.07, 6.45) is 0.702. The van der Waals surface area contributed by atoms with Gasteiger partial charge in [-0.1, -0.05) is 48.5 Å². The lowest BCUT2D eigenvalue weighted by Crippen LogP contribution is -2.30. The van der Waals surface area contributed by atoms with Crippen molar-refractivity contribution < 1.29 is 29.1 Å². The van der Waals surface area contributed by atoms with Crippen molar-refractivity contribution in [1.29, 1.82) is 0 Å². The van der Waals surface area contributed by atoms with Gasteiger partial charge < -0.3 is 9.84 Å². The topological polar surface area (TPSA) is 123 Å². The van der Waals surface area contributed by atoms with Crippen LogP contribution >= 0.6 is 0 Å². The molecule has 3 aromatic rings. The third kappa shape index (κ3) is 4.55. The summed E-state index contributed by atoms with van der Waals surface area (Å²) in [6, 6.07) is 16.0. The van der Waals surface area contributed by atoms with Crippen LogP contribution in [0.4, 0.5) is 10.5 Å². The number of aromatic nitrogens is 2. The maximum absolute atomic E-state index is 12.6. The molecule has 0 fully saturated rings. The lowest BCUT2D eigenvalue weighted by atomic mass is 9.98. The Morgan fingerprint density at radius 2 is 1.70 bits per heavy atom. The van der Waals surface area contributed by atoms with Crippen molar-refractivity contribution in [3.63, 3.8) is 0 Å². The van der Waals surface area contributed by atoms with Crippen LogP contribution in [0.5, 0.6) is 0 Å². The lowest BCUT2D eigenvalue weighted by Gasteiger charge is -2.16. The molecule has 10 nitrogen and oxygen atoms in total. The number of ether oxygens (including phenoxy) is 1. The number of amides is 2. The molecular formula is C23H22N4O6. The van der Waals surface area contributed by atoms with E-state index >= 15 is 0 Å². The highest BCUT2D eigenvalue weighted by atomic mass is 16.7. The van der Waals surface area contributed by atoms with Crippen LogP contribution in [0.15, 0.2) is 54.7 Å². The number of carboxylic acids is 1. The highest BCUT2D eigenvalue weighted by Crippen LogP contribution is 2.44. The first-order valence-corrected chi connectivity index (χ1v) is 10.1. The number of nitrogens with zero attached hydrogens (tertiary/aromatic N) is 3. The predicted molar refractivity (Wildman–Crippen MR) is 118 cm³/mol. The Bertz CT molecular complexity index is 1180. The number of benzene rings is 2. The zero-order valence-corrected chi connectivity index (χ0v) is 18.0. The molecule has 2 amide bonds. The Labute approximate surface area is 189 Å². The monoisotopic (exact) mass is 450 g/mol. The second kappa shape index (κ2) is 9.13. The lowest BCUT2D eigenvalue weighted by molar-refractivity contribution is -0.159. The number of hydrogen-bond donors (Lipinski definition) is 2. The van der Waals surface area contributed by atoms with Crippen LogP contribution < -0.4 is 5.32 Å². The summed E-state index contributed by atoms with van der Waals surface area (Å²) in [4.78, 5) is 40.6. The first-order chi connectivity index (χ1) is 15.8. The fourth-order valence-electron chi connectivity index (χ4n) is 3.84. The van der Waals surface area contributed by atoms with Gasteiger partial charge in [0.25, 0.3) is 5.91 Å². The third-order valence-corrected chi connectivity index (χ3v) is 5.28. The van der Waals surface area contributed by atoms with Crippen LogP contribution in [0, 0.1) is 0 Å². The number of fused-ring (bicyclic) bond motifs is 3. The van der Waals surface area contributed by atoms with Crippen molar-refractivity contribution in [3.8, 4) is 11.1 Å². The molecule has 10 heteroatoms. The molecule has 2 aromatic carbocycles. The molecule has 0 radical (unpaired) electrons. The molecule has 0 bridgehead atoms. The zero-order chi connectivity index (χ0) is 23.5. The van der Waals surface area contributed by atoms with E-state index in [1.54, 1.807) is 7.05 Å². The van der Waals surface area contributed by atoms with E-state index in [-0.39, 0.29) is 23.9 Å². The van der Waals surface area contributed by atoms with Crippen molar-refractivity contribution in [2.45, 2.75) is 5.92 Å². The summed E-state index contributed by atoms with van der Waals surface area (Å²) >= 11 is 0. The minimum absolute atomic E-state index is 0.103. The van der Waals surface area contributed by atoms with Gasteiger partial charge in [-0.25, -0.2) is 14.7 Å². The van der Waals surface area contributed by atoms with Gasteiger partial charge in [-0.2, -0.15) is 5.10 Å². The Morgan fingerprint density at radius 3 is 2.30 bits per heavy atom. The molecule has 0 saturated heterocycles. The molecular weight excluding hydrogens is 428 g/mol. The molecule has 1 aliphatic carbocycles. The number of aryl methyl sites for hydroxylation is 1. The smallest absolute Gasteiger partial charge is 0.411 e. The van der Waals surface area contributed by atoms with Crippen LogP contribution in [0.1, 0.15) is 27.5 Å². The number of rotatable bonds is 7. The summed E-state index contributed by atoms with van der Waals surface area (Å²) in [5.74, 6) is -2.05. The maximum atomic E-state index is 12.6. The SMILES string of the molecule is CN(OCC(=O)O)C(=O)c1nn(C)cc1NC(=O)OCC1c2ccccc2-c2ccccc21. The molecule has 0 unspecified atom stereocenters. The van der Waals surface area contributed by atoms with Gasteiger partial charge in [-0.15, -0.1) is 0 Å². The van der Waals surface area contributed by atoms with Gasteiger partial charge in [0.2, 0.25) is 0 Å². The van der Waals surface area contributed by atoms with Crippen LogP contribution in [0.3, 0.4) is 0 Å². The minimum Gasteiger partial charge on any atom is -0.479 e. The number of carbonyl (C=O) groups is 3. The fraction of sp³-hybridized carbons (Fsp3) is 0.217. The van der Waals surface area contributed by atoms with E-state index in [9.17, 15) is 14.4 Å². The number of anilines is 1. The average molecular weight is 450 g/mol. The minimum atomic E-state index is -1.23. The van der Waals surface area contributed by atoms with Crippen molar-refractivity contribution in [3.05, 3.63) is 71.5 Å². The normalized spacial score (nSPS) is 12.1. The van der Waals surface area contributed by atoms with Crippen LogP contribution in [0.2, 0.25) is 0 Å². The molecule has 33 heavy (non-hydrogen) atoms. The van der Waals surface area contributed by atoms with Crippen LogP contribution in [-0.4, -0.2) is 58.2 Å². The summed E-state index contributed by atoms with van der Waals surface area (Å²) in [7, 11) is 2.84. The summed E-state index contributed by atoms with van der Waals surface area (Å²) in [5.41, 5.74) is 4.41. The van der Waals surface area contributed by atoms with Crippen LogP contribution in [-0.2, 0) is 21.4 Å². The summed E-state index contributed by atoms with van der Waals surface area (Å²) < 4.78 is 6.85. The van der Waals surface area contributed by atoms with Crippen molar-refractivity contribution in [2.24, 2.45) is 7.05 Å². The van der Waals surface area contributed by atoms with Crippen molar-refractivity contribution >= 4 is 23.7 Å². The van der Waals surface area contributed by atoms with E-state index in [1.807, 2.05) is 48.5 Å². The summed E-state index contributed by atoms with van der Waals surface area (Å²) in [5, 5.41) is 16.0. The zero-order valence-electron chi connectivity index (χ0n) is 18.0. The Balaban J connectivity index is 1.44. The number of nitrogens with one attached hydrogen (secondary N) is 1. The number of carboxylic acid groups (broad SMARTS) is 1. The highest BCUT2D eigenvalue weighted by Gasteiger charge is 2.29. The second-order valence-corrected chi connectivity index (χ2v) is 7.49. The Hall–Kier alpha value is -4.18. The maximum Gasteiger partial charge on any atom is 0.411 e. The summed E-state index contributed by atoms with van der Waals surface area (Å²) in [6.45, 7) is -0.574. The van der Waals surface area contributed by atoms with Gasteiger partial charge in [0, 0.05) is 26.2 Å². The van der Waals surface area contributed by atoms with Gasteiger partial charge in [0.1, 0.15) is 6.61 Å². The Kier molecular flexibility index (Phi) is 6.09. The molecule has 0 saturated carbocycles. The van der Waals surface area contributed by atoms with E-state index in [0.717, 1.165) is 27.3 Å². The first-order valence-electron chi connectivity index (χ1n) is 10.1. The molecule has 2 N–H and O–H groups in total.